The van der Waals surface area contributed by atoms with Gasteiger partial charge < -0.3 is 19.9 Å². The SMILES string of the molecule is COc1ccc(CC(N)=S)c(OC)c1OC. The average molecular weight is 241 g/mol. The van der Waals surface area contributed by atoms with Crippen LogP contribution in [0.4, 0.5) is 0 Å². The van der Waals surface area contributed by atoms with E-state index in [0.717, 1.165) is 5.56 Å². The molecule has 0 saturated carbocycles. The summed E-state index contributed by atoms with van der Waals surface area (Å²) in [6.45, 7) is 0. The molecule has 0 aliphatic carbocycles. The van der Waals surface area contributed by atoms with Gasteiger partial charge in [0.2, 0.25) is 5.75 Å². The number of hydrogen-bond acceptors (Lipinski definition) is 4. The number of rotatable bonds is 5. The largest absolute Gasteiger partial charge is 0.493 e. The summed E-state index contributed by atoms with van der Waals surface area (Å²) in [7, 11) is 4.70. The van der Waals surface area contributed by atoms with Gasteiger partial charge >= 0.3 is 0 Å². The second kappa shape index (κ2) is 5.55. The van der Waals surface area contributed by atoms with Crippen molar-refractivity contribution in [1.82, 2.24) is 0 Å². The molecule has 88 valence electrons. The molecule has 0 unspecified atom stereocenters. The fourth-order valence-electron chi connectivity index (χ4n) is 1.49. The molecule has 0 spiro atoms. The predicted molar refractivity (Wildman–Crippen MR) is 66.6 cm³/mol. The van der Waals surface area contributed by atoms with Crippen LogP contribution in [0.1, 0.15) is 5.56 Å². The second-order valence-electron chi connectivity index (χ2n) is 3.14. The predicted octanol–water partition coefficient (Wildman–Crippen LogP) is 1.54. The Morgan fingerprint density at radius 3 is 2.19 bits per heavy atom. The molecule has 0 amide bonds. The topological polar surface area (TPSA) is 53.7 Å². The first kappa shape index (κ1) is 12.6. The zero-order valence-corrected chi connectivity index (χ0v) is 10.4. The highest BCUT2D eigenvalue weighted by Crippen LogP contribution is 2.39. The summed E-state index contributed by atoms with van der Waals surface area (Å²) >= 11 is 4.88. The monoisotopic (exact) mass is 241 g/mol. The Morgan fingerprint density at radius 1 is 1.12 bits per heavy atom. The van der Waals surface area contributed by atoms with Crippen LogP contribution in [-0.2, 0) is 6.42 Å². The van der Waals surface area contributed by atoms with E-state index >= 15 is 0 Å². The highest BCUT2D eigenvalue weighted by Gasteiger charge is 2.15. The summed E-state index contributed by atoms with van der Waals surface area (Å²) in [4.78, 5) is 0.408. The van der Waals surface area contributed by atoms with Gasteiger partial charge in [-0.05, 0) is 6.07 Å². The maximum atomic E-state index is 5.51. The fourth-order valence-corrected chi connectivity index (χ4v) is 1.65. The summed E-state index contributed by atoms with van der Waals surface area (Å²) in [5.74, 6) is 1.78. The van der Waals surface area contributed by atoms with Crippen molar-refractivity contribution in [2.24, 2.45) is 5.73 Å². The van der Waals surface area contributed by atoms with Crippen molar-refractivity contribution in [2.45, 2.75) is 6.42 Å². The van der Waals surface area contributed by atoms with E-state index < -0.39 is 0 Å². The minimum absolute atomic E-state index is 0.408. The summed E-state index contributed by atoms with van der Waals surface area (Å²) in [6, 6.07) is 3.66. The molecule has 16 heavy (non-hydrogen) atoms. The van der Waals surface area contributed by atoms with E-state index in [4.69, 9.17) is 32.2 Å². The highest BCUT2D eigenvalue weighted by molar-refractivity contribution is 7.80. The van der Waals surface area contributed by atoms with Crippen LogP contribution < -0.4 is 19.9 Å². The third-order valence-electron chi connectivity index (χ3n) is 2.15. The fraction of sp³-hybridized carbons (Fsp3) is 0.364. The maximum Gasteiger partial charge on any atom is 0.203 e. The zero-order chi connectivity index (χ0) is 12.1. The van der Waals surface area contributed by atoms with Gasteiger partial charge in [0.15, 0.2) is 11.5 Å². The van der Waals surface area contributed by atoms with Crippen LogP contribution in [-0.4, -0.2) is 26.3 Å². The molecular weight excluding hydrogens is 226 g/mol. The number of hydrogen-bond donors (Lipinski definition) is 1. The number of thiocarbonyl (C=S) groups is 1. The number of benzene rings is 1. The first-order valence-electron chi connectivity index (χ1n) is 4.70. The van der Waals surface area contributed by atoms with Gasteiger partial charge in [0.1, 0.15) is 0 Å². The normalized spacial score (nSPS) is 9.69. The van der Waals surface area contributed by atoms with Crippen molar-refractivity contribution >= 4 is 17.2 Å². The van der Waals surface area contributed by atoms with E-state index in [0.29, 0.717) is 28.7 Å². The second-order valence-corrected chi connectivity index (χ2v) is 3.66. The van der Waals surface area contributed by atoms with Gasteiger partial charge in [0.25, 0.3) is 0 Å². The molecule has 0 aromatic heterocycles. The number of nitrogens with two attached hydrogens (primary N) is 1. The third kappa shape index (κ3) is 2.55. The standard InChI is InChI=1S/C11H15NO3S/c1-13-8-5-4-7(6-9(12)16)10(14-2)11(8)15-3/h4-5H,6H2,1-3H3,(H2,12,16). The van der Waals surface area contributed by atoms with E-state index in [2.05, 4.69) is 0 Å². The average Bonchev–Trinajstić information content (AvgIpc) is 2.27. The molecule has 1 aromatic rings. The third-order valence-corrected chi connectivity index (χ3v) is 2.29. The first-order chi connectivity index (χ1) is 7.63. The van der Waals surface area contributed by atoms with Crippen LogP contribution in [0.15, 0.2) is 12.1 Å². The maximum absolute atomic E-state index is 5.51. The van der Waals surface area contributed by atoms with Crippen LogP contribution in [0.25, 0.3) is 0 Å². The van der Waals surface area contributed by atoms with Crippen molar-refractivity contribution < 1.29 is 14.2 Å². The molecule has 0 saturated heterocycles. The lowest BCUT2D eigenvalue weighted by Gasteiger charge is -2.15. The minimum atomic E-state index is 0.408. The number of methoxy groups -OCH3 is 3. The van der Waals surface area contributed by atoms with Crippen molar-refractivity contribution in [2.75, 3.05) is 21.3 Å². The molecule has 1 rings (SSSR count). The van der Waals surface area contributed by atoms with Gasteiger partial charge in [-0.3, -0.25) is 0 Å². The van der Waals surface area contributed by atoms with Gasteiger partial charge in [0.05, 0.1) is 26.3 Å². The quantitative estimate of drug-likeness (QED) is 0.792. The van der Waals surface area contributed by atoms with E-state index in [9.17, 15) is 0 Å². The molecule has 1 aromatic carbocycles. The Hall–Kier alpha value is -1.49. The van der Waals surface area contributed by atoms with E-state index in [1.165, 1.54) is 0 Å². The van der Waals surface area contributed by atoms with Crippen LogP contribution in [0.5, 0.6) is 17.2 Å². The first-order valence-corrected chi connectivity index (χ1v) is 5.11. The Bertz CT molecular complexity index is 393. The van der Waals surface area contributed by atoms with Gasteiger partial charge in [-0.15, -0.1) is 0 Å². The van der Waals surface area contributed by atoms with E-state index in [1.54, 1.807) is 27.4 Å². The van der Waals surface area contributed by atoms with Crippen LogP contribution in [0, 0.1) is 0 Å². The Morgan fingerprint density at radius 2 is 1.75 bits per heavy atom. The Labute approximate surface area is 100 Å². The van der Waals surface area contributed by atoms with Crippen molar-refractivity contribution in [3.05, 3.63) is 17.7 Å². The van der Waals surface area contributed by atoms with Crippen molar-refractivity contribution in [3.8, 4) is 17.2 Å². The summed E-state index contributed by atoms with van der Waals surface area (Å²) in [5.41, 5.74) is 6.40. The number of ether oxygens (including phenoxy) is 3. The van der Waals surface area contributed by atoms with Crippen LogP contribution in [0.2, 0.25) is 0 Å². The smallest absolute Gasteiger partial charge is 0.203 e. The summed E-state index contributed by atoms with van der Waals surface area (Å²) in [5, 5.41) is 0. The lowest BCUT2D eigenvalue weighted by atomic mass is 10.1. The van der Waals surface area contributed by atoms with E-state index in [-0.39, 0.29) is 0 Å². The molecule has 0 aliphatic heterocycles. The molecule has 0 atom stereocenters. The van der Waals surface area contributed by atoms with Gasteiger partial charge in [-0.1, -0.05) is 18.3 Å². The Balaban J connectivity index is 3.25. The molecule has 0 aliphatic rings. The highest BCUT2D eigenvalue weighted by atomic mass is 32.1. The van der Waals surface area contributed by atoms with Gasteiger partial charge in [-0.2, -0.15) is 0 Å². The van der Waals surface area contributed by atoms with E-state index in [1.807, 2.05) is 6.07 Å². The molecule has 5 heteroatoms. The molecular formula is C11H15NO3S. The van der Waals surface area contributed by atoms with Gasteiger partial charge in [0, 0.05) is 12.0 Å². The van der Waals surface area contributed by atoms with Crippen LogP contribution >= 0.6 is 12.2 Å². The van der Waals surface area contributed by atoms with Gasteiger partial charge in [-0.25, -0.2) is 0 Å². The lowest BCUT2D eigenvalue weighted by molar-refractivity contribution is 0.322. The van der Waals surface area contributed by atoms with Crippen molar-refractivity contribution in [3.63, 3.8) is 0 Å². The molecule has 2 N–H and O–H groups in total. The zero-order valence-electron chi connectivity index (χ0n) is 9.57. The Kier molecular flexibility index (Phi) is 4.37. The summed E-state index contributed by atoms with van der Waals surface area (Å²) < 4.78 is 15.7. The molecule has 0 heterocycles. The summed E-state index contributed by atoms with van der Waals surface area (Å²) in [6.07, 6.45) is 0.471. The van der Waals surface area contributed by atoms with Crippen LogP contribution in [0.3, 0.4) is 0 Å². The molecule has 0 radical (unpaired) electrons. The molecule has 4 nitrogen and oxygen atoms in total. The minimum Gasteiger partial charge on any atom is -0.493 e. The lowest BCUT2D eigenvalue weighted by Crippen LogP contribution is -2.12. The van der Waals surface area contributed by atoms with Crippen molar-refractivity contribution in [1.29, 1.82) is 0 Å². The molecule has 0 bridgehead atoms. The molecule has 0 fully saturated rings.